The number of carbonyl (C=O) groups is 2. The van der Waals surface area contributed by atoms with Gasteiger partial charge in [0.1, 0.15) is 17.8 Å². The van der Waals surface area contributed by atoms with Crippen LogP contribution < -0.4 is 5.32 Å². The van der Waals surface area contributed by atoms with Crippen molar-refractivity contribution in [2.24, 2.45) is 0 Å². The topological polar surface area (TPSA) is 59.3 Å². The maximum Gasteiger partial charge on any atom is 0.255 e. The normalized spacial score (nSPS) is 10.4. The van der Waals surface area contributed by atoms with Crippen LogP contribution in [-0.4, -0.2) is 12.2 Å². The smallest absolute Gasteiger partial charge is 0.255 e. The highest BCUT2D eigenvalue weighted by molar-refractivity contribution is 5.99. The molecule has 4 heteroatoms. The maximum atomic E-state index is 12.5. The van der Waals surface area contributed by atoms with E-state index < -0.39 is 0 Å². The van der Waals surface area contributed by atoms with E-state index in [1.165, 1.54) is 0 Å². The SMILES string of the molecule is Cc1cc(C(=O)NCc2ccc(C=O)cc2)c(-c2ccccc2)o1. The van der Waals surface area contributed by atoms with Crippen LogP contribution in [0.15, 0.2) is 65.1 Å². The van der Waals surface area contributed by atoms with Crippen LogP contribution in [0.4, 0.5) is 0 Å². The lowest BCUT2D eigenvalue weighted by Crippen LogP contribution is -2.22. The number of carbonyl (C=O) groups excluding carboxylic acids is 2. The molecule has 3 aromatic rings. The van der Waals surface area contributed by atoms with E-state index in [0.29, 0.717) is 29.2 Å². The minimum absolute atomic E-state index is 0.190. The molecule has 1 amide bonds. The molecule has 2 aromatic carbocycles. The molecule has 0 bridgehead atoms. The van der Waals surface area contributed by atoms with E-state index in [9.17, 15) is 9.59 Å². The van der Waals surface area contributed by atoms with Crippen molar-refractivity contribution in [2.75, 3.05) is 0 Å². The van der Waals surface area contributed by atoms with Crippen LogP contribution in [0.3, 0.4) is 0 Å². The molecule has 120 valence electrons. The van der Waals surface area contributed by atoms with Gasteiger partial charge in [-0.2, -0.15) is 0 Å². The van der Waals surface area contributed by atoms with Gasteiger partial charge >= 0.3 is 0 Å². The average molecular weight is 319 g/mol. The van der Waals surface area contributed by atoms with E-state index in [0.717, 1.165) is 17.4 Å². The van der Waals surface area contributed by atoms with Crippen molar-refractivity contribution in [3.8, 4) is 11.3 Å². The van der Waals surface area contributed by atoms with E-state index in [2.05, 4.69) is 5.32 Å². The van der Waals surface area contributed by atoms with Gasteiger partial charge in [-0.25, -0.2) is 0 Å². The first-order chi connectivity index (χ1) is 11.7. The fraction of sp³-hybridized carbons (Fsp3) is 0.100. The Morgan fingerprint density at radius 3 is 2.46 bits per heavy atom. The van der Waals surface area contributed by atoms with Crippen LogP contribution >= 0.6 is 0 Å². The molecule has 0 radical (unpaired) electrons. The number of amides is 1. The van der Waals surface area contributed by atoms with Crippen LogP contribution in [0.2, 0.25) is 0 Å². The first-order valence-electron chi connectivity index (χ1n) is 7.65. The summed E-state index contributed by atoms with van der Waals surface area (Å²) in [6.45, 7) is 2.21. The Labute approximate surface area is 140 Å². The molecule has 0 saturated carbocycles. The second-order valence-corrected chi connectivity index (χ2v) is 5.51. The van der Waals surface area contributed by atoms with Gasteiger partial charge in [0.25, 0.3) is 5.91 Å². The molecule has 0 atom stereocenters. The molecule has 0 aliphatic carbocycles. The number of rotatable bonds is 5. The molecule has 0 spiro atoms. The second-order valence-electron chi connectivity index (χ2n) is 5.51. The van der Waals surface area contributed by atoms with E-state index in [-0.39, 0.29) is 5.91 Å². The summed E-state index contributed by atoms with van der Waals surface area (Å²) in [6, 6.07) is 18.4. The molecule has 0 aliphatic rings. The maximum absolute atomic E-state index is 12.5. The monoisotopic (exact) mass is 319 g/mol. The van der Waals surface area contributed by atoms with Gasteiger partial charge in [-0.3, -0.25) is 9.59 Å². The Morgan fingerprint density at radius 1 is 1.08 bits per heavy atom. The van der Waals surface area contributed by atoms with Crippen molar-refractivity contribution < 1.29 is 14.0 Å². The highest BCUT2D eigenvalue weighted by Crippen LogP contribution is 2.27. The van der Waals surface area contributed by atoms with Gasteiger partial charge in [0.2, 0.25) is 0 Å². The molecule has 1 aromatic heterocycles. The molecule has 0 fully saturated rings. The predicted octanol–water partition coefficient (Wildman–Crippen LogP) is 4.00. The number of aldehydes is 1. The number of hydrogen-bond donors (Lipinski definition) is 1. The fourth-order valence-electron chi connectivity index (χ4n) is 2.48. The number of nitrogens with one attached hydrogen (secondary N) is 1. The summed E-state index contributed by atoms with van der Waals surface area (Å²) in [7, 11) is 0. The molecule has 1 N–H and O–H groups in total. The summed E-state index contributed by atoms with van der Waals surface area (Å²) in [5.41, 5.74) is 2.92. The third kappa shape index (κ3) is 3.43. The Hall–Kier alpha value is -3.14. The zero-order valence-corrected chi connectivity index (χ0v) is 13.3. The third-order valence-corrected chi connectivity index (χ3v) is 3.70. The molecule has 4 nitrogen and oxygen atoms in total. The molecule has 0 saturated heterocycles. The zero-order valence-electron chi connectivity index (χ0n) is 13.3. The third-order valence-electron chi connectivity index (χ3n) is 3.70. The van der Waals surface area contributed by atoms with Gasteiger partial charge in [0, 0.05) is 17.7 Å². The lowest BCUT2D eigenvalue weighted by molar-refractivity contribution is 0.0950. The van der Waals surface area contributed by atoms with Crippen LogP contribution in [-0.2, 0) is 6.54 Å². The minimum atomic E-state index is -0.190. The molecule has 1 heterocycles. The quantitative estimate of drug-likeness (QED) is 0.723. The lowest BCUT2D eigenvalue weighted by atomic mass is 10.1. The van der Waals surface area contributed by atoms with Gasteiger partial charge in [0.05, 0.1) is 5.56 Å². The Bertz CT molecular complexity index is 848. The Morgan fingerprint density at radius 2 is 1.79 bits per heavy atom. The molecule has 0 unspecified atom stereocenters. The first kappa shape index (κ1) is 15.7. The second kappa shape index (κ2) is 6.96. The number of aryl methyl sites for hydroxylation is 1. The summed E-state index contributed by atoms with van der Waals surface area (Å²) in [4.78, 5) is 23.2. The predicted molar refractivity (Wildman–Crippen MR) is 91.9 cm³/mol. The van der Waals surface area contributed by atoms with Gasteiger partial charge in [-0.15, -0.1) is 0 Å². The summed E-state index contributed by atoms with van der Waals surface area (Å²) >= 11 is 0. The number of hydrogen-bond acceptors (Lipinski definition) is 3. The summed E-state index contributed by atoms with van der Waals surface area (Å²) in [5, 5.41) is 2.89. The van der Waals surface area contributed by atoms with Crippen LogP contribution in [0.25, 0.3) is 11.3 Å². The van der Waals surface area contributed by atoms with Crippen LogP contribution in [0.1, 0.15) is 32.0 Å². The van der Waals surface area contributed by atoms with Crippen molar-refractivity contribution in [1.29, 1.82) is 0 Å². The van der Waals surface area contributed by atoms with Crippen molar-refractivity contribution in [1.82, 2.24) is 5.32 Å². The Balaban J connectivity index is 1.76. The van der Waals surface area contributed by atoms with Gasteiger partial charge in [-0.1, -0.05) is 54.6 Å². The largest absolute Gasteiger partial charge is 0.461 e. The Kier molecular flexibility index (Phi) is 4.57. The fourth-order valence-corrected chi connectivity index (χ4v) is 2.48. The van der Waals surface area contributed by atoms with Crippen molar-refractivity contribution in [3.63, 3.8) is 0 Å². The van der Waals surface area contributed by atoms with Crippen molar-refractivity contribution >= 4 is 12.2 Å². The van der Waals surface area contributed by atoms with E-state index >= 15 is 0 Å². The average Bonchev–Trinajstić information content (AvgIpc) is 3.03. The van der Waals surface area contributed by atoms with E-state index in [1.54, 1.807) is 18.2 Å². The minimum Gasteiger partial charge on any atom is -0.461 e. The van der Waals surface area contributed by atoms with Crippen molar-refractivity contribution in [2.45, 2.75) is 13.5 Å². The standard InChI is InChI=1S/C20H17NO3/c1-14-11-18(19(24-14)17-5-3-2-4-6-17)20(23)21-12-15-7-9-16(13-22)10-8-15/h2-11,13H,12H2,1H3,(H,21,23). The van der Waals surface area contributed by atoms with Crippen molar-refractivity contribution in [3.05, 3.63) is 83.1 Å². The lowest BCUT2D eigenvalue weighted by Gasteiger charge is -2.06. The highest BCUT2D eigenvalue weighted by atomic mass is 16.3. The molecule has 0 aliphatic heterocycles. The van der Waals surface area contributed by atoms with E-state index in [4.69, 9.17) is 4.42 Å². The molecular formula is C20H17NO3. The summed E-state index contributed by atoms with van der Waals surface area (Å²) in [6.07, 6.45) is 0.794. The summed E-state index contributed by atoms with van der Waals surface area (Å²) < 4.78 is 5.70. The van der Waals surface area contributed by atoms with E-state index in [1.807, 2.05) is 49.4 Å². The zero-order chi connectivity index (χ0) is 16.9. The van der Waals surface area contributed by atoms with Gasteiger partial charge in [0.15, 0.2) is 0 Å². The van der Waals surface area contributed by atoms with Crippen LogP contribution in [0, 0.1) is 6.92 Å². The molecule has 3 rings (SSSR count). The van der Waals surface area contributed by atoms with Gasteiger partial charge in [-0.05, 0) is 18.6 Å². The molecule has 24 heavy (non-hydrogen) atoms. The number of furan rings is 1. The number of benzene rings is 2. The van der Waals surface area contributed by atoms with Crippen LogP contribution in [0.5, 0.6) is 0 Å². The first-order valence-corrected chi connectivity index (χ1v) is 7.65. The summed E-state index contributed by atoms with van der Waals surface area (Å²) in [5.74, 6) is 1.07. The van der Waals surface area contributed by atoms with Gasteiger partial charge < -0.3 is 9.73 Å². The highest BCUT2D eigenvalue weighted by Gasteiger charge is 2.17. The molecular weight excluding hydrogens is 302 g/mol.